The summed E-state index contributed by atoms with van der Waals surface area (Å²) in [4.78, 5) is 4.08. The maximum absolute atomic E-state index is 4.08. The Kier molecular flexibility index (Phi) is 7.13. The average molecular weight is 262 g/mol. The van der Waals surface area contributed by atoms with Crippen molar-refractivity contribution in [3.8, 4) is 0 Å². The van der Waals surface area contributed by atoms with Crippen LogP contribution in [0.4, 0.5) is 0 Å². The average Bonchev–Trinajstić information content (AvgIpc) is 1.99. The van der Waals surface area contributed by atoms with Gasteiger partial charge in [-0.15, -0.1) is 0 Å². The number of nitrogens with zero attached hydrogens (tertiary/aromatic N) is 1. The van der Waals surface area contributed by atoms with Crippen LogP contribution in [0, 0.1) is 0 Å². The molecular weight excluding hydrogens is 251 g/mol. The summed E-state index contributed by atoms with van der Waals surface area (Å²) >= 11 is 2.15. The molecule has 0 bridgehead atoms. The molecule has 0 atom stereocenters. The Bertz CT molecular complexity index is 192. The van der Waals surface area contributed by atoms with Gasteiger partial charge in [-0.05, 0) is 41.8 Å². The van der Waals surface area contributed by atoms with E-state index in [-0.39, 0.29) is 0 Å². The van der Waals surface area contributed by atoms with Crippen molar-refractivity contribution < 1.29 is 0 Å². The first-order valence-corrected chi connectivity index (χ1v) is 4.27. The summed E-state index contributed by atoms with van der Waals surface area (Å²) in [5.74, 6) is 0. The van der Waals surface area contributed by atoms with Crippen molar-refractivity contribution in [2.75, 3.05) is 0 Å². The minimum atomic E-state index is 0.951. The van der Waals surface area contributed by atoms with Crippen molar-refractivity contribution >= 4 is 26.3 Å². The van der Waals surface area contributed by atoms with Crippen LogP contribution in [0.3, 0.4) is 0 Å². The smallest absolute Gasteiger partial charge is 0.101 e. The molecule has 0 amide bonds. The molecule has 0 unspecified atom stereocenters. The minimum Gasteiger partial charge on any atom is -0.367 e. The van der Waals surface area contributed by atoms with Crippen LogP contribution in [0.2, 0.25) is 0 Å². The van der Waals surface area contributed by atoms with Gasteiger partial charge in [0.05, 0.1) is 0 Å². The molecule has 0 saturated carbocycles. The third-order valence-corrected chi connectivity index (χ3v) is 1.43. The van der Waals surface area contributed by atoms with E-state index in [0.29, 0.717) is 0 Å². The van der Waals surface area contributed by atoms with Gasteiger partial charge in [0, 0.05) is 12.4 Å². The minimum absolute atomic E-state index is 0.951. The summed E-state index contributed by atoms with van der Waals surface area (Å²) in [7, 11) is 0. The van der Waals surface area contributed by atoms with Gasteiger partial charge in [0.2, 0.25) is 0 Å². The fourth-order valence-electron chi connectivity index (χ4n) is 0.400. The second-order valence-corrected chi connectivity index (χ2v) is 2.74. The van der Waals surface area contributed by atoms with Crippen LogP contribution in [-0.2, 0) is 0 Å². The van der Waals surface area contributed by atoms with Gasteiger partial charge in [-0.2, -0.15) is 0 Å². The number of nitrogens with one attached hydrogen (secondary N) is 1. The van der Waals surface area contributed by atoms with E-state index in [0.717, 1.165) is 3.72 Å². The molecule has 0 aromatic carbocycles. The molecule has 11 heavy (non-hydrogen) atoms. The zero-order valence-corrected chi connectivity index (χ0v) is 8.58. The molecule has 0 aliphatic rings. The highest BCUT2D eigenvalue weighted by atomic mass is 127. The van der Waals surface area contributed by atoms with Crippen LogP contribution >= 0.6 is 22.6 Å². The normalized spacial score (nSPS) is 12.7. The fourth-order valence-corrected chi connectivity index (χ4v) is 0.921. The highest BCUT2D eigenvalue weighted by Gasteiger charge is 1.78. The number of rotatable bonds is 4. The summed E-state index contributed by atoms with van der Waals surface area (Å²) in [5, 5.41) is 2.79. The van der Waals surface area contributed by atoms with E-state index in [1.54, 1.807) is 18.6 Å². The fraction of sp³-hybridized carbons (Fsp3) is 0.125. The van der Waals surface area contributed by atoms with Gasteiger partial charge in [0.25, 0.3) is 0 Å². The highest BCUT2D eigenvalue weighted by molar-refractivity contribution is 14.1. The lowest BCUT2D eigenvalue weighted by Crippen LogP contribution is -1.88. The van der Waals surface area contributed by atoms with E-state index in [4.69, 9.17) is 0 Å². The van der Waals surface area contributed by atoms with Crippen LogP contribution in [0.15, 0.2) is 42.3 Å². The summed E-state index contributed by atoms with van der Waals surface area (Å²) in [6, 6.07) is 0. The van der Waals surface area contributed by atoms with Crippen molar-refractivity contribution in [2.45, 2.75) is 6.92 Å². The SMILES string of the molecule is C=CN\C=C/N=C(I)/C=C\C. The van der Waals surface area contributed by atoms with Gasteiger partial charge >= 0.3 is 0 Å². The third-order valence-electron chi connectivity index (χ3n) is 0.791. The molecule has 0 aromatic rings. The van der Waals surface area contributed by atoms with E-state index in [2.05, 4.69) is 39.5 Å². The van der Waals surface area contributed by atoms with Gasteiger partial charge in [-0.1, -0.05) is 12.7 Å². The second kappa shape index (κ2) is 7.53. The predicted octanol–water partition coefficient (Wildman–Crippen LogP) is 2.60. The first-order chi connectivity index (χ1) is 5.31. The van der Waals surface area contributed by atoms with Gasteiger partial charge in [-0.25, -0.2) is 4.99 Å². The van der Waals surface area contributed by atoms with E-state index >= 15 is 0 Å². The van der Waals surface area contributed by atoms with Crippen LogP contribution in [0.1, 0.15) is 6.92 Å². The zero-order chi connectivity index (χ0) is 8.53. The number of hydrogen-bond acceptors (Lipinski definition) is 2. The lowest BCUT2D eigenvalue weighted by Gasteiger charge is -1.85. The molecule has 0 fully saturated rings. The molecule has 0 saturated heterocycles. The zero-order valence-electron chi connectivity index (χ0n) is 6.42. The van der Waals surface area contributed by atoms with Gasteiger partial charge in [0.15, 0.2) is 0 Å². The molecule has 60 valence electrons. The van der Waals surface area contributed by atoms with Crippen LogP contribution < -0.4 is 5.32 Å². The standard InChI is InChI=1S/C8H11IN2/c1-3-5-8(9)11-7-6-10-4-2/h3-7,10H,2H2,1H3/b5-3-,7-6-,11-8-. The van der Waals surface area contributed by atoms with E-state index < -0.39 is 0 Å². The molecule has 0 aromatic heterocycles. The number of hydrogen-bond donors (Lipinski definition) is 1. The number of halogens is 1. The first kappa shape index (κ1) is 10.4. The van der Waals surface area contributed by atoms with Crippen molar-refractivity contribution in [2.24, 2.45) is 4.99 Å². The Morgan fingerprint density at radius 1 is 1.64 bits per heavy atom. The largest absolute Gasteiger partial charge is 0.367 e. The van der Waals surface area contributed by atoms with E-state index in [9.17, 15) is 0 Å². The first-order valence-electron chi connectivity index (χ1n) is 3.19. The quantitative estimate of drug-likeness (QED) is 0.611. The number of allylic oxidation sites excluding steroid dienone is 2. The van der Waals surface area contributed by atoms with Crippen molar-refractivity contribution in [3.63, 3.8) is 0 Å². The predicted molar refractivity (Wildman–Crippen MR) is 58.7 cm³/mol. The lowest BCUT2D eigenvalue weighted by molar-refractivity contribution is 1.19. The molecule has 0 heterocycles. The van der Waals surface area contributed by atoms with Crippen molar-refractivity contribution in [3.05, 3.63) is 37.3 Å². The maximum atomic E-state index is 4.08. The Morgan fingerprint density at radius 3 is 2.91 bits per heavy atom. The summed E-state index contributed by atoms with van der Waals surface area (Å²) in [6.07, 6.45) is 8.87. The van der Waals surface area contributed by atoms with Crippen LogP contribution in [-0.4, -0.2) is 3.72 Å². The Labute approximate surface area is 80.9 Å². The molecular formula is C8H11IN2. The molecule has 0 spiro atoms. The van der Waals surface area contributed by atoms with Gasteiger partial charge < -0.3 is 5.32 Å². The van der Waals surface area contributed by atoms with Crippen LogP contribution in [0.25, 0.3) is 0 Å². The maximum Gasteiger partial charge on any atom is 0.101 e. The monoisotopic (exact) mass is 262 g/mol. The molecule has 0 aliphatic carbocycles. The molecule has 0 rings (SSSR count). The van der Waals surface area contributed by atoms with Gasteiger partial charge in [-0.3, -0.25) is 0 Å². The molecule has 3 heteroatoms. The van der Waals surface area contributed by atoms with Crippen molar-refractivity contribution in [1.29, 1.82) is 0 Å². The molecule has 0 radical (unpaired) electrons. The molecule has 2 nitrogen and oxygen atoms in total. The summed E-state index contributed by atoms with van der Waals surface area (Å²) in [6.45, 7) is 5.45. The molecule has 1 N–H and O–H groups in total. The van der Waals surface area contributed by atoms with Crippen LogP contribution in [0.5, 0.6) is 0 Å². The van der Waals surface area contributed by atoms with E-state index in [1.807, 2.05) is 19.1 Å². The van der Waals surface area contributed by atoms with Gasteiger partial charge in [0.1, 0.15) is 3.72 Å². The lowest BCUT2D eigenvalue weighted by atomic mass is 10.6. The second-order valence-electron chi connectivity index (χ2n) is 1.64. The summed E-state index contributed by atoms with van der Waals surface area (Å²) < 4.78 is 0.951. The number of aliphatic imine (C=N–C) groups is 1. The summed E-state index contributed by atoms with van der Waals surface area (Å²) in [5.41, 5.74) is 0. The highest BCUT2D eigenvalue weighted by Crippen LogP contribution is 1.93. The Balaban J connectivity index is 3.80. The topological polar surface area (TPSA) is 24.4 Å². The molecule has 0 aliphatic heterocycles. The Morgan fingerprint density at radius 2 is 2.36 bits per heavy atom. The third kappa shape index (κ3) is 7.32. The van der Waals surface area contributed by atoms with E-state index in [1.165, 1.54) is 0 Å². The van der Waals surface area contributed by atoms with Crippen molar-refractivity contribution in [1.82, 2.24) is 5.32 Å². The Hall–Kier alpha value is -0.580.